The van der Waals surface area contributed by atoms with Gasteiger partial charge in [0.2, 0.25) is 0 Å². The van der Waals surface area contributed by atoms with Gasteiger partial charge in [-0.2, -0.15) is 5.26 Å². The monoisotopic (exact) mass is 228 g/mol. The van der Waals surface area contributed by atoms with Crippen LogP contribution in [-0.2, 0) is 18.0 Å². The van der Waals surface area contributed by atoms with Crippen molar-refractivity contribution in [3.05, 3.63) is 29.3 Å². The topological polar surface area (TPSA) is 45.0 Å². The van der Waals surface area contributed by atoms with Gasteiger partial charge < -0.3 is 10.1 Å². The van der Waals surface area contributed by atoms with Crippen molar-refractivity contribution in [2.24, 2.45) is 5.41 Å². The first kappa shape index (κ1) is 10.6. The molecule has 0 spiro atoms. The summed E-state index contributed by atoms with van der Waals surface area (Å²) in [6, 6.07) is 8.70. The standard InChI is InChI=1S/C14H16N2O/c15-6-5-14(3-4-14)10-16-13-2-1-11-8-17-9-12(11)7-13/h1-2,7,16H,3-5,8-10H2. The number of anilines is 1. The van der Waals surface area contributed by atoms with Crippen molar-refractivity contribution in [1.29, 1.82) is 5.26 Å². The molecule has 1 fully saturated rings. The van der Waals surface area contributed by atoms with Gasteiger partial charge in [0.05, 0.1) is 19.3 Å². The van der Waals surface area contributed by atoms with Crippen LogP contribution in [-0.4, -0.2) is 6.54 Å². The number of hydrogen-bond donors (Lipinski definition) is 1. The third kappa shape index (κ3) is 2.13. The molecular formula is C14H16N2O. The highest BCUT2D eigenvalue weighted by atomic mass is 16.5. The zero-order chi connectivity index (χ0) is 11.7. The van der Waals surface area contributed by atoms with Crippen LogP contribution >= 0.6 is 0 Å². The summed E-state index contributed by atoms with van der Waals surface area (Å²) in [5.41, 5.74) is 4.00. The molecule has 88 valence electrons. The van der Waals surface area contributed by atoms with Crippen LogP contribution in [0.15, 0.2) is 18.2 Å². The molecule has 0 amide bonds. The first-order chi connectivity index (χ1) is 8.31. The molecule has 0 radical (unpaired) electrons. The van der Waals surface area contributed by atoms with Gasteiger partial charge >= 0.3 is 0 Å². The van der Waals surface area contributed by atoms with Crippen molar-refractivity contribution in [3.8, 4) is 6.07 Å². The smallest absolute Gasteiger partial charge is 0.0725 e. The number of hydrogen-bond acceptors (Lipinski definition) is 3. The van der Waals surface area contributed by atoms with E-state index in [1.807, 2.05) is 0 Å². The van der Waals surface area contributed by atoms with Gasteiger partial charge in [-0.05, 0) is 36.1 Å². The zero-order valence-corrected chi connectivity index (χ0v) is 9.83. The molecule has 3 nitrogen and oxygen atoms in total. The Bertz CT molecular complexity index is 472. The lowest BCUT2D eigenvalue weighted by Gasteiger charge is -2.14. The van der Waals surface area contributed by atoms with Crippen molar-refractivity contribution in [2.45, 2.75) is 32.5 Å². The molecule has 1 N–H and O–H groups in total. The fourth-order valence-corrected chi connectivity index (χ4v) is 2.33. The molecule has 1 aliphatic heterocycles. The van der Waals surface area contributed by atoms with E-state index in [0.29, 0.717) is 6.42 Å². The third-order valence-electron chi connectivity index (χ3n) is 3.80. The molecule has 3 rings (SSSR count). The van der Waals surface area contributed by atoms with Gasteiger partial charge in [0.1, 0.15) is 0 Å². The average Bonchev–Trinajstić information content (AvgIpc) is 2.95. The number of nitrogens with zero attached hydrogens (tertiary/aromatic N) is 1. The van der Waals surface area contributed by atoms with Gasteiger partial charge in [-0.25, -0.2) is 0 Å². The first-order valence-corrected chi connectivity index (χ1v) is 6.12. The van der Waals surface area contributed by atoms with Crippen molar-refractivity contribution in [1.82, 2.24) is 0 Å². The fraction of sp³-hybridized carbons (Fsp3) is 0.500. The largest absolute Gasteiger partial charge is 0.384 e. The maximum absolute atomic E-state index is 8.77. The molecule has 1 aromatic carbocycles. The predicted octanol–water partition coefficient (Wildman–Crippen LogP) is 2.82. The molecule has 1 heterocycles. The van der Waals surface area contributed by atoms with Crippen molar-refractivity contribution in [2.75, 3.05) is 11.9 Å². The Balaban J connectivity index is 1.64. The average molecular weight is 228 g/mol. The van der Waals surface area contributed by atoms with E-state index in [1.165, 1.54) is 24.0 Å². The summed E-state index contributed by atoms with van der Waals surface area (Å²) in [6.45, 7) is 2.39. The summed E-state index contributed by atoms with van der Waals surface area (Å²) in [5.74, 6) is 0. The number of nitrogens with one attached hydrogen (secondary N) is 1. The van der Waals surface area contributed by atoms with E-state index in [-0.39, 0.29) is 5.41 Å². The van der Waals surface area contributed by atoms with Gasteiger partial charge in [0, 0.05) is 24.1 Å². The van der Waals surface area contributed by atoms with Gasteiger partial charge in [0.15, 0.2) is 0 Å². The highest BCUT2D eigenvalue weighted by Gasteiger charge is 2.42. The lowest BCUT2D eigenvalue weighted by molar-refractivity contribution is 0.134. The second-order valence-electron chi connectivity index (χ2n) is 5.16. The minimum absolute atomic E-state index is 0.254. The van der Waals surface area contributed by atoms with Crippen LogP contribution in [0.2, 0.25) is 0 Å². The zero-order valence-electron chi connectivity index (χ0n) is 9.83. The number of rotatable bonds is 4. The molecule has 3 heteroatoms. The number of ether oxygens (including phenoxy) is 1. The van der Waals surface area contributed by atoms with E-state index >= 15 is 0 Å². The molecule has 1 aromatic rings. The number of nitriles is 1. The van der Waals surface area contributed by atoms with E-state index in [1.54, 1.807) is 0 Å². The van der Waals surface area contributed by atoms with Crippen LogP contribution in [0.25, 0.3) is 0 Å². The summed E-state index contributed by atoms with van der Waals surface area (Å²) in [7, 11) is 0. The fourth-order valence-electron chi connectivity index (χ4n) is 2.33. The van der Waals surface area contributed by atoms with Crippen LogP contribution in [0.5, 0.6) is 0 Å². The Hall–Kier alpha value is -1.53. The second-order valence-corrected chi connectivity index (χ2v) is 5.16. The van der Waals surface area contributed by atoms with Crippen LogP contribution in [0.3, 0.4) is 0 Å². The Kier molecular flexibility index (Phi) is 2.53. The highest BCUT2D eigenvalue weighted by molar-refractivity contribution is 5.49. The van der Waals surface area contributed by atoms with Gasteiger partial charge in [-0.1, -0.05) is 6.07 Å². The molecular weight excluding hydrogens is 212 g/mol. The Morgan fingerprint density at radius 1 is 1.29 bits per heavy atom. The molecule has 0 atom stereocenters. The Labute approximate surface area is 101 Å². The molecule has 2 aliphatic rings. The minimum atomic E-state index is 0.254. The normalized spacial score (nSPS) is 19.5. The van der Waals surface area contributed by atoms with Crippen LogP contribution in [0, 0.1) is 16.7 Å². The minimum Gasteiger partial charge on any atom is -0.384 e. The maximum Gasteiger partial charge on any atom is 0.0725 e. The lowest BCUT2D eigenvalue weighted by atomic mass is 10.0. The number of fused-ring (bicyclic) bond motifs is 1. The quantitative estimate of drug-likeness (QED) is 0.861. The molecule has 0 aromatic heterocycles. The van der Waals surface area contributed by atoms with Crippen LogP contribution in [0.4, 0.5) is 5.69 Å². The Morgan fingerprint density at radius 2 is 2.12 bits per heavy atom. The molecule has 0 bridgehead atoms. The molecule has 1 saturated carbocycles. The van der Waals surface area contributed by atoms with E-state index in [0.717, 1.165) is 25.4 Å². The number of benzene rings is 1. The van der Waals surface area contributed by atoms with E-state index in [4.69, 9.17) is 10.00 Å². The first-order valence-electron chi connectivity index (χ1n) is 6.12. The molecule has 17 heavy (non-hydrogen) atoms. The molecule has 1 aliphatic carbocycles. The molecule has 0 unspecified atom stereocenters. The van der Waals surface area contributed by atoms with E-state index < -0.39 is 0 Å². The van der Waals surface area contributed by atoms with Crippen molar-refractivity contribution >= 4 is 5.69 Å². The van der Waals surface area contributed by atoms with Gasteiger partial charge in [-0.3, -0.25) is 0 Å². The van der Waals surface area contributed by atoms with Gasteiger partial charge in [0.25, 0.3) is 0 Å². The van der Waals surface area contributed by atoms with E-state index in [9.17, 15) is 0 Å². The summed E-state index contributed by atoms with van der Waals surface area (Å²) >= 11 is 0. The predicted molar refractivity (Wildman–Crippen MR) is 65.3 cm³/mol. The maximum atomic E-state index is 8.77. The molecule has 0 saturated heterocycles. The van der Waals surface area contributed by atoms with Crippen LogP contribution in [0.1, 0.15) is 30.4 Å². The second kappa shape index (κ2) is 4.05. The Morgan fingerprint density at radius 3 is 2.88 bits per heavy atom. The summed E-state index contributed by atoms with van der Waals surface area (Å²) in [6.07, 6.45) is 3.04. The lowest BCUT2D eigenvalue weighted by Crippen LogP contribution is -2.14. The van der Waals surface area contributed by atoms with Crippen molar-refractivity contribution < 1.29 is 4.74 Å². The summed E-state index contributed by atoms with van der Waals surface area (Å²) in [5, 5.41) is 12.2. The van der Waals surface area contributed by atoms with E-state index in [2.05, 4.69) is 29.6 Å². The van der Waals surface area contributed by atoms with Crippen molar-refractivity contribution in [3.63, 3.8) is 0 Å². The summed E-state index contributed by atoms with van der Waals surface area (Å²) in [4.78, 5) is 0. The summed E-state index contributed by atoms with van der Waals surface area (Å²) < 4.78 is 5.40. The van der Waals surface area contributed by atoms with Crippen LogP contribution < -0.4 is 5.32 Å². The highest BCUT2D eigenvalue weighted by Crippen LogP contribution is 2.48. The van der Waals surface area contributed by atoms with Gasteiger partial charge in [-0.15, -0.1) is 0 Å². The third-order valence-corrected chi connectivity index (χ3v) is 3.80. The SMILES string of the molecule is N#CCC1(CNc2ccc3c(c2)COC3)CC1.